The van der Waals surface area contributed by atoms with Crippen LogP contribution in [-0.2, 0) is 21.9 Å². The smallest absolute Gasteiger partial charge is 0.268 e. The normalized spacial score (nSPS) is 14.0. The number of hydrogen-bond acceptors (Lipinski definition) is 3. The fraction of sp³-hybridized carbons (Fsp3) is 0.154. The van der Waals surface area contributed by atoms with Gasteiger partial charge in [0.15, 0.2) is 0 Å². The first-order valence-corrected chi connectivity index (χ1v) is 10.9. The molecule has 4 heteroatoms. The van der Waals surface area contributed by atoms with Gasteiger partial charge in [0.05, 0.1) is 17.0 Å². The second-order valence-corrected chi connectivity index (χ2v) is 8.45. The zero-order valence-electron chi connectivity index (χ0n) is 17.1. The van der Waals surface area contributed by atoms with Crippen LogP contribution >= 0.6 is 11.8 Å². The van der Waals surface area contributed by atoms with Crippen molar-refractivity contribution < 1.29 is 9.59 Å². The summed E-state index contributed by atoms with van der Waals surface area (Å²) in [5.41, 5.74) is 5.65. The standard InChI is InChI=1S/C26H23NO2S/c1-18-13-14-22(15-19(18)2)23-24(30-17-21-11-7-4-8-12-21)26(29)27(25(23)28)16-20-9-5-3-6-10-20/h3-15H,16-17H2,1-2H3. The molecule has 3 aromatic rings. The lowest BCUT2D eigenvalue weighted by Crippen LogP contribution is -2.30. The summed E-state index contributed by atoms with van der Waals surface area (Å²) in [6, 6.07) is 25.6. The third kappa shape index (κ3) is 4.10. The van der Waals surface area contributed by atoms with Crippen molar-refractivity contribution in [1.82, 2.24) is 4.90 Å². The van der Waals surface area contributed by atoms with Crippen molar-refractivity contribution in [3.63, 3.8) is 0 Å². The molecule has 0 spiro atoms. The molecule has 0 bridgehead atoms. The summed E-state index contributed by atoms with van der Waals surface area (Å²) in [7, 11) is 0. The molecule has 1 aliphatic heterocycles. The minimum absolute atomic E-state index is 0.210. The van der Waals surface area contributed by atoms with Crippen molar-refractivity contribution in [2.45, 2.75) is 26.1 Å². The summed E-state index contributed by atoms with van der Waals surface area (Å²) in [6.07, 6.45) is 0. The van der Waals surface area contributed by atoms with Gasteiger partial charge in [-0.3, -0.25) is 14.5 Å². The Labute approximate surface area is 181 Å². The monoisotopic (exact) mass is 413 g/mol. The van der Waals surface area contributed by atoms with Crippen LogP contribution in [0.1, 0.15) is 27.8 Å². The van der Waals surface area contributed by atoms with Crippen molar-refractivity contribution in [2.75, 3.05) is 0 Å². The number of thioether (sulfide) groups is 1. The van der Waals surface area contributed by atoms with Gasteiger partial charge in [-0.25, -0.2) is 0 Å². The second kappa shape index (κ2) is 8.72. The SMILES string of the molecule is Cc1ccc(C2=C(SCc3ccccc3)C(=O)N(Cc3ccccc3)C2=O)cc1C. The van der Waals surface area contributed by atoms with E-state index in [1.165, 1.54) is 16.7 Å². The molecule has 1 aliphatic rings. The summed E-state index contributed by atoms with van der Waals surface area (Å²) in [5.74, 6) is 0.212. The molecule has 3 nitrogen and oxygen atoms in total. The number of benzene rings is 3. The van der Waals surface area contributed by atoms with Crippen LogP contribution in [0.3, 0.4) is 0 Å². The average molecular weight is 414 g/mol. The van der Waals surface area contributed by atoms with Gasteiger partial charge in [0, 0.05) is 5.75 Å². The second-order valence-electron chi connectivity index (χ2n) is 7.46. The zero-order valence-corrected chi connectivity index (χ0v) is 17.9. The van der Waals surface area contributed by atoms with Crippen molar-refractivity contribution >= 4 is 29.1 Å². The van der Waals surface area contributed by atoms with E-state index in [2.05, 4.69) is 0 Å². The highest BCUT2D eigenvalue weighted by molar-refractivity contribution is 8.03. The van der Waals surface area contributed by atoms with Crippen molar-refractivity contribution in [2.24, 2.45) is 0 Å². The molecular weight excluding hydrogens is 390 g/mol. The van der Waals surface area contributed by atoms with Crippen molar-refractivity contribution in [3.05, 3.63) is 112 Å². The largest absolute Gasteiger partial charge is 0.269 e. The summed E-state index contributed by atoms with van der Waals surface area (Å²) in [6.45, 7) is 4.35. The maximum Gasteiger partial charge on any atom is 0.268 e. The van der Waals surface area contributed by atoms with E-state index in [4.69, 9.17) is 0 Å². The third-order valence-electron chi connectivity index (χ3n) is 5.33. The molecule has 3 aromatic carbocycles. The van der Waals surface area contributed by atoms with Crippen molar-refractivity contribution in [3.8, 4) is 0 Å². The summed E-state index contributed by atoms with van der Waals surface area (Å²) >= 11 is 1.44. The van der Waals surface area contributed by atoms with Crippen LogP contribution in [0.4, 0.5) is 0 Å². The topological polar surface area (TPSA) is 37.4 Å². The number of nitrogens with zero attached hydrogens (tertiary/aromatic N) is 1. The van der Waals surface area contributed by atoms with Gasteiger partial charge in [0.1, 0.15) is 0 Å². The number of carbonyl (C=O) groups excluding carboxylic acids is 2. The fourth-order valence-electron chi connectivity index (χ4n) is 3.48. The van der Waals surface area contributed by atoms with E-state index in [0.29, 0.717) is 16.2 Å². The first kappa shape index (κ1) is 20.2. The number of hydrogen-bond donors (Lipinski definition) is 0. The van der Waals surface area contributed by atoms with E-state index in [1.54, 1.807) is 0 Å². The Morgan fingerprint density at radius 3 is 2.00 bits per heavy atom. The number of carbonyl (C=O) groups is 2. The molecule has 0 atom stereocenters. The molecule has 0 radical (unpaired) electrons. The van der Waals surface area contributed by atoms with E-state index in [-0.39, 0.29) is 18.4 Å². The Kier molecular flexibility index (Phi) is 5.86. The zero-order chi connectivity index (χ0) is 21.1. The van der Waals surface area contributed by atoms with Crippen LogP contribution in [0, 0.1) is 13.8 Å². The highest BCUT2D eigenvalue weighted by Gasteiger charge is 2.39. The average Bonchev–Trinajstić information content (AvgIpc) is 3.00. The van der Waals surface area contributed by atoms with E-state index in [9.17, 15) is 9.59 Å². The first-order valence-electron chi connectivity index (χ1n) is 9.93. The van der Waals surface area contributed by atoms with Gasteiger partial charge >= 0.3 is 0 Å². The van der Waals surface area contributed by atoms with Crippen LogP contribution in [0.5, 0.6) is 0 Å². The Balaban J connectivity index is 1.70. The number of imide groups is 1. The molecule has 150 valence electrons. The van der Waals surface area contributed by atoms with E-state index in [1.807, 2.05) is 92.7 Å². The molecule has 0 aromatic heterocycles. The van der Waals surface area contributed by atoms with Crippen LogP contribution in [-0.4, -0.2) is 16.7 Å². The summed E-state index contributed by atoms with van der Waals surface area (Å²) in [4.78, 5) is 28.6. The van der Waals surface area contributed by atoms with Gasteiger partial charge in [-0.05, 0) is 41.7 Å². The predicted octanol–water partition coefficient (Wildman–Crippen LogP) is 5.52. The lowest BCUT2D eigenvalue weighted by Gasteiger charge is -2.15. The van der Waals surface area contributed by atoms with E-state index < -0.39 is 0 Å². The number of rotatable bonds is 6. The lowest BCUT2D eigenvalue weighted by atomic mass is 10.0. The molecule has 30 heavy (non-hydrogen) atoms. The highest BCUT2D eigenvalue weighted by atomic mass is 32.2. The van der Waals surface area contributed by atoms with Gasteiger partial charge < -0.3 is 0 Å². The summed E-state index contributed by atoms with van der Waals surface area (Å²) in [5, 5.41) is 0. The van der Waals surface area contributed by atoms with Gasteiger partial charge in [0.2, 0.25) is 0 Å². The van der Waals surface area contributed by atoms with Crippen molar-refractivity contribution in [1.29, 1.82) is 0 Å². The minimum atomic E-state index is -0.220. The fourth-order valence-corrected chi connectivity index (χ4v) is 4.57. The van der Waals surface area contributed by atoms with Gasteiger partial charge in [-0.2, -0.15) is 0 Å². The lowest BCUT2D eigenvalue weighted by molar-refractivity contribution is -0.137. The maximum atomic E-state index is 13.4. The molecule has 4 rings (SSSR count). The van der Waals surface area contributed by atoms with E-state index >= 15 is 0 Å². The molecule has 1 heterocycles. The van der Waals surface area contributed by atoms with Crippen LogP contribution in [0.25, 0.3) is 5.57 Å². The minimum Gasteiger partial charge on any atom is -0.269 e. The number of aryl methyl sites for hydroxylation is 2. The molecule has 2 amide bonds. The molecule has 0 saturated heterocycles. The molecular formula is C26H23NO2S. The van der Waals surface area contributed by atoms with Crippen LogP contribution in [0.2, 0.25) is 0 Å². The Bertz CT molecular complexity index is 1120. The molecule has 0 aliphatic carbocycles. The van der Waals surface area contributed by atoms with Crippen LogP contribution < -0.4 is 0 Å². The molecule has 0 saturated carbocycles. The van der Waals surface area contributed by atoms with Crippen LogP contribution in [0.15, 0.2) is 83.8 Å². The first-order chi connectivity index (χ1) is 14.5. The third-order valence-corrected chi connectivity index (χ3v) is 6.48. The Hall–Kier alpha value is -3.11. The van der Waals surface area contributed by atoms with Gasteiger partial charge in [-0.1, -0.05) is 78.9 Å². The van der Waals surface area contributed by atoms with Gasteiger partial charge in [0.25, 0.3) is 11.8 Å². The summed E-state index contributed by atoms with van der Waals surface area (Å²) < 4.78 is 0. The predicted molar refractivity (Wildman–Crippen MR) is 123 cm³/mol. The molecule has 0 N–H and O–H groups in total. The highest BCUT2D eigenvalue weighted by Crippen LogP contribution is 2.38. The quantitative estimate of drug-likeness (QED) is 0.500. The van der Waals surface area contributed by atoms with E-state index in [0.717, 1.165) is 27.8 Å². The number of amides is 2. The van der Waals surface area contributed by atoms with Gasteiger partial charge in [-0.15, -0.1) is 11.8 Å². The maximum absolute atomic E-state index is 13.4. The molecule has 0 fully saturated rings. The Morgan fingerprint density at radius 1 is 0.733 bits per heavy atom. The molecule has 0 unspecified atom stereocenters. The Morgan fingerprint density at radius 2 is 1.37 bits per heavy atom.